The van der Waals surface area contributed by atoms with E-state index in [2.05, 4.69) is 10.3 Å². The highest BCUT2D eigenvalue weighted by atomic mass is 16.5. The van der Waals surface area contributed by atoms with E-state index in [1.54, 1.807) is 42.2 Å². The van der Waals surface area contributed by atoms with Crippen LogP contribution in [0, 0.1) is 0 Å². The molecule has 0 saturated heterocycles. The number of aliphatic hydroxyl groups excluding tert-OH is 1. The van der Waals surface area contributed by atoms with Gasteiger partial charge in [-0.25, -0.2) is 9.78 Å². The van der Waals surface area contributed by atoms with Gasteiger partial charge >= 0.3 is 11.7 Å². The molecule has 0 aliphatic carbocycles. The Morgan fingerprint density at radius 2 is 1.84 bits per heavy atom. The fraction of sp³-hybridized carbons (Fsp3) is 0.429. The normalized spacial score (nSPS) is 12.1. The molecule has 172 valence electrons. The van der Waals surface area contributed by atoms with Crippen molar-refractivity contribution in [2.75, 3.05) is 19.7 Å². The van der Waals surface area contributed by atoms with E-state index in [9.17, 15) is 19.5 Å². The Morgan fingerprint density at radius 1 is 1.16 bits per heavy atom. The van der Waals surface area contributed by atoms with Gasteiger partial charge in [-0.15, -0.1) is 0 Å². The maximum atomic E-state index is 12.4. The van der Waals surface area contributed by atoms with E-state index in [1.165, 1.54) is 18.5 Å². The molecule has 0 aliphatic rings. The molecular formula is C21H27N5O6. The number of hydrogen-bond donors (Lipinski definition) is 2. The quantitative estimate of drug-likeness (QED) is 0.249. The van der Waals surface area contributed by atoms with Crippen molar-refractivity contribution >= 4 is 17.1 Å². The summed E-state index contributed by atoms with van der Waals surface area (Å²) in [6, 6.07) is 6.56. The molecule has 0 bridgehead atoms. The topological polar surface area (TPSA) is 130 Å². The van der Waals surface area contributed by atoms with Crippen LogP contribution in [0.15, 0.2) is 40.2 Å². The maximum Gasteiger partial charge on any atom is 0.332 e. The van der Waals surface area contributed by atoms with Gasteiger partial charge in [-0.3, -0.25) is 18.7 Å². The Bertz CT molecular complexity index is 1190. The molecule has 2 heterocycles. The van der Waals surface area contributed by atoms with Gasteiger partial charge in [-0.1, -0.05) is 0 Å². The number of rotatable bonds is 10. The van der Waals surface area contributed by atoms with Gasteiger partial charge < -0.3 is 24.5 Å². The summed E-state index contributed by atoms with van der Waals surface area (Å²) in [6.45, 7) is 2.93. The van der Waals surface area contributed by atoms with Gasteiger partial charge in [0, 0.05) is 34.1 Å². The predicted molar refractivity (Wildman–Crippen MR) is 117 cm³/mol. The number of aryl methyl sites for hydroxylation is 2. The lowest BCUT2D eigenvalue weighted by Gasteiger charge is -2.14. The lowest BCUT2D eigenvalue weighted by molar-refractivity contribution is -0.131. The smallest absolute Gasteiger partial charge is 0.332 e. The van der Waals surface area contributed by atoms with Gasteiger partial charge in [0.15, 0.2) is 11.2 Å². The third kappa shape index (κ3) is 5.42. The van der Waals surface area contributed by atoms with Gasteiger partial charge in [0.2, 0.25) is 0 Å². The molecule has 2 aromatic heterocycles. The van der Waals surface area contributed by atoms with Crippen molar-refractivity contribution in [2.24, 2.45) is 14.1 Å². The van der Waals surface area contributed by atoms with E-state index in [-0.39, 0.29) is 12.2 Å². The lowest BCUT2D eigenvalue weighted by atomic mass is 10.3. The highest BCUT2D eigenvalue weighted by Gasteiger charge is 2.14. The summed E-state index contributed by atoms with van der Waals surface area (Å²) < 4.78 is 14.6. The van der Waals surface area contributed by atoms with Crippen LogP contribution in [0.2, 0.25) is 0 Å². The number of ether oxygens (including phenoxy) is 2. The Morgan fingerprint density at radius 3 is 2.53 bits per heavy atom. The van der Waals surface area contributed by atoms with Gasteiger partial charge in [-0.2, -0.15) is 0 Å². The summed E-state index contributed by atoms with van der Waals surface area (Å²) in [4.78, 5) is 39.5. The Kier molecular flexibility index (Phi) is 7.44. The maximum absolute atomic E-state index is 12.4. The molecule has 1 atom stereocenters. The largest absolute Gasteiger partial charge is 0.491 e. The van der Waals surface area contributed by atoms with Crippen LogP contribution in [0.1, 0.15) is 13.3 Å². The Hall–Kier alpha value is -3.44. The second-order valence-corrected chi connectivity index (χ2v) is 7.40. The molecule has 1 unspecified atom stereocenters. The van der Waals surface area contributed by atoms with Crippen molar-refractivity contribution in [3.63, 3.8) is 0 Å². The molecule has 0 aliphatic heterocycles. The molecule has 11 nitrogen and oxygen atoms in total. The van der Waals surface area contributed by atoms with Gasteiger partial charge in [-0.05, 0) is 37.2 Å². The molecule has 32 heavy (non-hydrogen) atoms. The average molecular weight is 445 g/mol. The highest BCUT2D eigenvalue weighted by Crippen LogP contribution is 2.17. The first-order valence-corrected chi connectivity index (χ1v) is 10.2. The summed E-state index contributed by atoms with van der Waals surface area (Å²) in [5.74, 6) is 0.593. The van der Waals surface area contributed by atoms with Crippen molar-refractivity contribution in [1.29, 1.82) is 0 Å². The highest BCUT2D eigenvalue weighted by molar-refractivity contribution is 5.70. The van der Waals surface area contributed by atoms with Crippen LogP contribution >= 0.6 is 0 Å². The standard InChI is InChI=1S/C21H27N5O6/c1-14(27)32-17-7-5-16(6-8-17)31-12-15(28)11-22-9-4-10-26-13-23-19-18(26)20(29)25(3)21(30)24(19)2/h5-8,13,15,22,28H,4,9-12H2,1-3H3. The van der Waals surface area contributed by atoms with Crippen LogP contribution in [-0.4, -0.2) is 55.6 Å². The van der Waals surface area contributed by atoms with Crippen molar-refractivity contribution in [1.82, 2.24) is 24.0 Å². The SMILES string of the molecule is CC(=O)Oc1ccc(OCC(O)CNCCCn2cnc3c2c(=O)n(C)c(=O)n3C)cc1. The van der Waals surface area contributed by atoms with Crippen LogP contribution in [0.4, 0.5) is 0 Å². The summed E-state index contributed by atoms with van der Waals surface area (Å²) in [5.41, 5.74) is -0.0322. The van der Waals surface area contributed by atoms with E-state index in [0.717, 1.165) is 4.57 Å². The molecule has 11 heteroatoms. The molecule has 0 spiro atoms. The fourth-order valence-corrected chi connectivity index (χ4v) is 3.23. The molecule has 2 N–H and O–H groups in total. The first kappa shape index (κ1) is 23.2. The van der Waals surface area contributed by atoms with Crippen LogP contribution in [0.5, 0.6) is 11.5 Å². The van der Waals surface area contributed by atoms with E-state index in [4.69, 9.17) is 9.47 Å². The first-order chi connectivity index (χ1) is 15.3. The second-order valence-electron chi connectivity index (χ2n) is 7.40. The van der Waals surface area contributed by atoms with E-state index in [0.29, 0.717) is 48.7 Å². The summed E-state index contributed by atoms with van der Waals surface area (Å²) in [7, 11) is 3.03. The van der Waals surface area contributed by atoms with E-state index in [1.807, 2.05) is 0 Å². The second kappa shape index (κ2) is 10.2. The van der Waals surface area contributed by atoms with Crippen molar-refractivity contribution in [2.45, 2.75) is 26.0 Å². The third-order valence-corrected chi connectivity index (χ3v) is 4.88. The van der Waals surface area contributed by atoms with Crippen LogP contribution in [-0.2, 0) is 25.4 Å². The average Bonchev–Trinajstić information content (AvgIpc) is 3.19. The van der Waals surface area contributed by atoms with E-state index >= 15 is 0 Å². The summed E-state index contributed by atoms with van der Waals surface area (Å²) >= 11 is 0. The Labute approximate surface area is 183 Å². The first-order valence-electron chi connectivity index (χ1n) is 10.2. The van der Waals surface area contributed by atoms with Crippen molar-refractivity contribution in [3.05, 3.63) is 51.4 Å². The number of esters is 1. The molecule has 3 aromatic rings. The minimum absolute atomic E-state index is 0.107. The van der Waals surface area contributed by atoms with Gasteiger partial charge in [0.25, 0.3) is 5.56 Å². The van der Waals surface area contributed by atoms with Gasteiger partial charge in [0.1, 0.15) is 24.2 Å². The Balaban J connectivity index is 1.42. The zero-order chi connectivity index (χ0) is 23.3. The number of nitrogens with zero attached hydrogens (tertiary/aromatic N) is 4. The van der Waals surface area contributed by atoms with Crippen LogP contribution < -0.4 is 26.0 Å². The number of aromatic nitrogens is 4. The minimum Gasteiger partial charge on any atom is -0.491 e. The molecule has 0 fully saturated rings. The number of imidazole rings is 1. The summed E-state index contributed by atoms with van der Waals surface area (Å²) in [5, 5.41) is 13.2. The zero-order valence-corrected chi connectivity index (χ0v) is 18.3. The van der Waals surface area contributed by atoms with Crippen LogP contribution in [0.3, 0.4) is 0 Å². The van der Waals surface area contributed by atoms with E-state index < -0.39 is 17.8 Å². The monoisotopic (exact) mass is 445 g/mol. The number of aliphatic hydroxyl groups is 1. The zero-order valence-electron chi connectivity index (χ0n) is 18.3. The lowest BCUT2D eigenvalue weighted by Crippen LogP contribution is -2.37. The van der Waals surface area contributed by atoms with Crippen LogP contribution in [0.25, 0.3) is 11.2 Å². The number of fused-ring (bicyclic) bond motifs is 1. The van der Waals surface area contributed by atoms with Gasteiger partial charge in [0.05, 0.1) is 6.33 Å². The molecular weight excluding hydrogens is 418 g/mol. The number of carbonyl (C=O) groups excluding carboxylic acids is 1. The summed E-state index contributed by atoms with van der Waals surface area (Å²) in [6.07, 6.45) is 1.54. The molecule has 0 radical (unpaired) electrons. The fourth-order valence-electron chi connectivity index (χ4n) is 3.23. The number of carbonyl (C=O) groups is 1. The third-order valence-electron chi connectivity index (χ3n) is 4.88. The number of nitrogens with one attached hydrogen (secondary N) is 1. The number of benzene rings is 1. The molecule has 0 amide bonds. The van der Waals surface area contributed by atoms with Crippen molar-refractivity contribution < 1.29 is 19.4 Å². The molecule has 3 rings (SSSR count). The minimum atomic E-state index is -0.709. The molecule has 1 aromatic carbocycles. The number of hydrogen-bond acceptors (Lipinski definition) is 8. The molecule has 0 saturated carbocycles. The van der Waals surface area contributed by atoms with Crippen molar-refractivity contribution in [3.8, 4) is 11.5 Å². The predicted octanol–water partition coefficient (Wildman–Crippen LogP) is -0.221.